The Morgan fingerprint density at radius 1 is 0.829 bits per heavy atom. The van der Waals surface area contributed by atoms with Gasteiger partial charge in [0.05, 0.1) is 17.7 Å². The number of pyridine rings is 1. The molecule has 1 amide bonds. The van der Waals surface area contributed by atoms with Crippen LogP contribution in [-0.2, 0) is 4.79 Å². The van der Waals surface area contributed by atoms with E-state index in [1.165, 1.54) is 12.3 Å². The molecule has 1 saturated carbocycles. The first kappa shape index (κ1) is 27.1. The van der Waals surface area contributed by atoms with E-state index >= 15 is 4.39 Å². The van der Waals surface area contributed by atoms with Crippen LogP contribution in [0.3, 0.4) is 0 Å². The van der Waals surface area contributed by atoms with E-state index in [0.29, 0.717) is 69.2 Å². The van der Waals surface area contributed by atoms with Gasteiger partial charge in [-0.25, -0.2) is 18.0 Å². The molecule has 2 aliphatic heterocycles. The summed E-state index contributed by atoms with van der Waals surface area (Å²) >= 11 is 0. The molecule has 3 aromatic rings. The first-order chi connectivity index (χ1) is 19.7. The Morgan fingerprint density at radius 3 is 2.15 bits per heavy atom. The number of anilines is 2. The molecule has 216 valence electrons. The van der Waals surface area contributed by atoms with Gasteiger partial charge in [0.25, 0.3) is 0 Å². The minimum absolute atomic E-state index is 0.0197. The van der Waals surface area contributed by atoms with Gasteiger partial charge in [-0.2, -0.15) is 0 Å². The van der Waals surface area contributed by atoms with E-state index in [4.69, 9.17) is 0 Å². The number of rotatable bonds is 6. The van der Waals surface area contributed by atoms with E-state index in [2.05, 4.69) is 0 Å². The van der Waals surface area contributed by atoms with Crippen LogP contribution in [-0.4, -0.2) is 90.3 Å². The van der Waals surface area contributed by atoms with Crippen molar-refractivity contribution in [1.82, 2.24) is 14.4 Å². The van der Waals surface area contributed by atoms with Crippen LogP contribution in [0.15, 0.2) is 41.3 Å². The number of carboxylic acid groups (broad SMARTS) is 1. The zero-order chi connectivity index (χ0) is 28.8. The van der Waals surface area contributed by atoms with Crippen LogP contribution in [0.5, 0.6) is 0 Å². The van der Waals surface area contributed by atoms with Gasteiger partial charge in [-0.15, -0.1) is 0 Å². The van der Waals surface area contributed by atoms with Crippen molar-refractivity contribution in [3.63, 3.8) is 0 Å². The number of fused-ring (bicyclic) bond motifs is 1. The van der Waals surface area contributed by atoms with Gasteiger partial charge in [0, 0.05) is 81.7 Å². The summed E-state index contributed by atoms with van der Waals surface area (Å²) in [5.74, 6) is -3.71. The predicted octanol–water partition coefficient (Wildman–Crippen LogP) is 2.92. The third-order valence-electron chi connectivity index (χ3n) is 8.24. The maximum Gasteiger partial charge on any atom is 0.341 e. The molecule has 12 heteroatoms. The van der Waals surface area contributed by atoms with Crippen molar-refractivity contribution in [2.45, 2.75) is 18.9 Å². The smallest absolute Gasteiger partial charge is 0.341 e. The summed E-state index contributed by atoms with van der Waals surface area (Å²) in [5, 5.41) is 9.50. The molecular formula is C29H30F3N5O4. The number of nitrogens with zero attached hydrogens (tertiary/aromatic N) is 5. The van der Waals surface area contributed by atoms with Crippen LogP contribution in [0, 0.1) is 17.5 Å². The number of aromatic carboxylic acids is 1. The molecule has 3 fully saturated rings. The fourth-order valence-electron chi connectivity index (χ4n) is 5.74. The minimum Gasteiger partial charge on any atom is -0.477 e. The SMILES string of the molecule is O=C(O)c1cn(C2CC2)c2cc(N3CCN(C(=O)CN4CCN(c5ccc(F)c(F)c5)CC4)CC3)c(F)cc2c1=O. The largest absolute Gasteiger partial charge is 0.477 e. The van der Waals surface area contributed by atoms with Crippen LogP contribution >= 0.6 is 0 Å². The van der Waals surface area contributed by atoms with E-state index in [0.717, 1.165) is 25.0 Å². The van der Waals surface area contributed by atoms with Crippen LogP contribution in [0.25, 0.3) is 10.9 Å². The van der Waals surface area contributed by atoms with Gasteiger partial charge in [0.2, 0.25) is 11.3 Å². The molecule has 0 bridgehead atoms. The number of piperazine rings is 2. The van der Waals surface area contributed by atoms with Crippen molar-refractivity contribution < 1.29 is 27.9 Å². The number of carbonyl (C=O) groups excluding carboxylic acids is 1. The molecule has 2 saturated heterocycles. The molecule has 6 rings (SSSR count). The third kappa shape index (κ3) is 5.35. The van der Waals surface area contributed by atoms with Crippen molar-refractivity contribution in [2.75, 3.05) is 68.7 Å². The molecule has 0 spiro atoms. The number of halogens is 3. The van der Waals surface area contributed by atoms with Crippen LogP contribution in [0.2, 0.25) is 0 Å². The number of hydrogen-bond donors (Lipinski definition) is 1. The topological polar surface area (TPSA) is 89.3 Å². The molecule has 2 aromatic carbocycles. The second-order valence-corrected chi connectivity index (χ2v) is 10.9. The zero-order valence-corrected chi connectivity index (χ0v) is 22.4. The lowest BCUT2D eigenvalue weighted by atomic mass is 10.1. The third-order valence-corrected chi connectivity index (χ3v) is 8.24. The predicted molar refractivity (Wildman–Crippen MR) is 147 cm³/mol. The fraction of sp³-hybridized carbons (Fsp3) is 0.414. The summed E-state index contributed by atoms with van der Waals surface area (Å²) in [6, 6.07) is 6.70. The van der Waals surface area contributed by atoms with Crippen molar-refractivity contribution in [3.05, 3.63) is 69.8 Å². The second kappa shape index (κ2) is 10.7. The van der Waals surface area contributed by atoms with E-state index in [9.17, 15) is 28.3 Å². The normalized spacial score (nSPS) is 18.3. The highest BCUT2D eigenvalue weighted by atomic mass is 19.2. The molecule has 1 aromatic heterocycles. The van der Waals surface area contributed by atoms with Gasteiger partial charge in [-0.3, -0.25) is 14.5 Å². The monoisotopic (exact) mass is 569 g/mol. The molecule has 3 heterocycles. The zero-order valence-electron chi connectivity index (χ0n) is 22.4. The Hall–Kier alpha value is -4.06. The lowest BCUT2D eigenvalue weighted by molar-refractivity contribution is -0.132. The minimum atomic E-state index is -1.33. The van der Waals surface area contributed by atoms with E-state index in [1.807, 2.05) is 14.7 Å². The van der Waals surface area contributed by atoms with Gasteiger partial charge < -0.3 is 24.4 Å². The number of aromatic nitrogens is 1. The van der Waals surface area contributed by atoms with Gasteiger partial charge in [0.15, 0.2) is 11.6 Å². The Kier molecular flexibility index (Phi) is 7.10. The molecular weight excluding hydrogens is 539 g/mol. The highest BCUT2D eigenvalue weighted by Gasteiger charge is 2.30. The Labute approximate surface area is 234 Å². The first-order valence-electron chi connectivity index (χ1n) is 13.8. The Bertz CT molecular complexity index is 1570. The van der Waals surface area contributed by atoms with E-state index in [-0.39, 0.29) is 29.4 Å². The van der Waals surface area contributed by atoms with E-state index in [1.54, 1.807) is 21.6 Å². The highest BCUT2D eigenvalue weighted by molar-refractivity contribution is 5.93. The highest BCUT2D eigenvalue weighted by Crippen LogP contribution is 2.38. The van der Waals surface area contributed by atoms with Crippen LogP contribution in [0.4, 0.5) is 24.5 Å². The standard InChI is InChI=1S/C29H30F3N5O4/c30-22-4-3-19(13-23(22)31)34-7-5-33(6-8-34)17-27(38)36-11-9-35(10-12-36)26-15-25-20(14-24(26)32)28(39)21(29(40)41)16-37(25)18-1-2-18/h3-4,13-16,18H,1-2,5-12,17H2,(H,40,41). The average Bonchev–Trinajstić information content (AvgIpc) is 3.81. The fourth-order valence-corrected chi connectivity index (χ4v) is 5.74. The first-order valence-corrected chi connectivity index (χ1v) is 13.8. The molecule has 9 nitrogen and oxygen atoms in total. The summed E-state index contributed by atoms with van der Waals surface area (Å²) in [6.07, 6.45) is 3.09. The van der Waals surface area contributed by atoms with E-state index < -0.39 is 28.8 Å². The van der Waals surface area contributed by atoms with Crippen molar-refractivity contribution >= 4 is 34.2 Å². The lowest BCUT2D eigenvalue weighted by Gasteiger charge is -2.39. The average molecular weight is 570 g/mol. The molecule has 1 aliphatic carbocycles. The Balaban J connectivity index is 1.08. The maximum atomic E-state index is 15.3. The summed E-state index contributed by atoms with van der Waals surface area (Å²) in [4.78, 5) is 45.0. The number of amides is 1. The molecule has 0 atom stereocenters. The summed E-state index contributed by atoms with van der Waals surface area (Å²) in [5.41, 5.74) is 0.392. The van der Waals surface area contributed by atoms with Gasteiger partial charge in [-0.1, -0.05) is 0 Å². The van der Waals surface area contributed by atoms with Crippen LogP contribution < -0.4 is 15.2 Å². The summed E-state index contributed by atoms with van der Waals surface area (Å²) in [7, 11) is 0. The Morgan fingerprint density at radius 2 is 1.51 bits per heavy atom. The molecule has 41 heavy (non-hydrogen) atoms. The molecule has 0 radical (unpaired) electrons. The van der Waals surface area contributed by atoms with Crippen molar-refractivity contribution in [2.24, 2.45) is 0 Å². The van der Waals surface area contributed by atoms with Crippen molar-refractivity contribution in [1.29, 1.82) is 0 Å². The number of carbonyl (C=O) groups is 2. The molecule has 3 aliphatic rings. The van der Waals surface area contributed by atoms with Gasteiger partial charge in [-0.05, 0) is 37.1 Å². The maximum absolute atomic E-state index is 15.3. The van der Waals surface area contributed by atoms with Gasteiger partial charge >= 0.3 is 5.97 Å². The number of hydrogen-bond acceptors (Lipinski definition) is 6. The number of benzene rings is 2. The summed E-state index contributed by atoms with van der Waals surface area (Å²) < 4.78 is 43.9. The number of carboxylic acids is 1. The van der Waals surface area contributed by atoms with Crippen LogP contribution in [0.1, 0.15) is 29.2 Å². The quantitative estimate of drug-likeness (QED) is 0.489. The van der Waals surface area contributed by atoms with Crippen molar-refractivity contribution in [3.8, 4) is 0 Å². The molecule has 1 N–H and O–H groups in total. The summed E-state index contributed by atoms with van der Waals surface area (Å²) in [6.45, 7) is 4.31. The lowest BCUT2D eigenvalue weighted by Crippen LogP contribution is -2.54. The second-order valence-electron chi connectivity index (χ2n) is 10.9. The van der Waals surface area contributed by atoms with Gasteiger partial charge in [0.1, 0.15) is 11.4 Å². The molecule has 0 unspecified atom stereocenters.